The molecule has 5 nitrogen and oxygen atoms in total. The quantitative estimate of drug-likeness (QED) is 0.631. The van der Waals surface area contributed by atoms with Crippen LogP contribution < -0.4 is 10.6 Å². The van der Waals surface area contributed by atoms with Gasteiger partial charge in [0.05, 0.1) is 21.3 Å². The van der Waals surface area contributed by atoms with Crippen molar-refractivity contribution in [3.05, 3.63) is 56.7 Å². The third-order valence-electron chi connectivity index (χ3n) is 4.14. The zero-order valence-electron chi connectivity index (χ0n) is 15.0. The number of likely N-dealkylation sites (N-methyl/N-ethyl adjacent to an activating group) is 1. The van der Waals surface area contributed by atoms with Crippen molar-refractivity contribution in [2.45, 2.75) is 19.9 Å². The maximum Gasteiger partial charge on any atom is 0.261 e. The summed E-state index contributed by atoms with van der Waals surface area (Å²) in [4.78, 5) is 27.1. The van der Waals surface area contributed by atoms with Gasteiger partial charge in [0.15, 0.2) is 0 Å². The Morgan fingerprint density at radius 3 is 2.35 bits per heavy atom. The Hall–Kier alpha value is -1.70. The molecule has 0 aliphatic heterocycles. The second-order valence-electron chi connectivity index (χ2n) is 5.74. The number of hydrogen-bond acceptors (Lipinski definition) is 4. The molecule has 0 saturated carbocycles. The van der Waals surface area contributed by atoms with E-state index in [9.17, 15) is 9.59 Å². The lowest BCUT2D eigenvalue weighted by molar-refractivity contribution is -0.120. The maximum absolute atomic E-state index is 12.2. The smallest absolute Gasteiger partial charge is 0.261 e. The van der Waals surface area contributed by atoms with E-state index >= 15 is 0 Å². The molecule has 2 aromatic rings. The summed E-state index contributed by atoms with van der Waals surface area (Å²) < 4.78 is 0.886. The Bertz CT molecular complexity index is 717. The molecule has 0 aliphatic rings. The van der Waals surface area contributed by atoms with E-state index in [1.807, 2.05) is 24.3 Å². The van der Waals surface area contributed by atoms with Crippen molar-refractivity contribution in [2.24, 2.45) is 0 Å². The highest BCUT2D eigenvalue weighted by Gasteiger charge is 2.19. The molecule has 0 radical (unpaired) electrons. The highest BCUT2D eigenvalue weighted by atomic mass is 79.9. The van der Waals surface area contributed by atoms with Crippen LogP contribution in [0.4, 0.5) is 0 Å². The largest absolute Gasteiger partial charge is 0.353 e. The van der Waals surface area contributed by atoms with Gasteiger partial charge in [0.1, 0.15) is 0 Å². The fraction of sp³-hybridized carbons (Fsp3) is 0.368. The normalized spacial score (nSPS) is 12.0. The van der Waals surface area contributed by atoms with E-state index in [0.717, 1.165) is 16.9 Å². The molecule has 1 aromatic carbocycles. The molecule has 1 atom stereocenters. The van der Waals surface area contributed by atoms with Crippen LogP contribution in [0.15, 0.2) is 46.3 Å². The van der Waals surface area contributed by atoms with Crippen molar-refractivity contribution >= 4 is 39.1 Å². The summed E-state index contributed by atoms with van der Waals surface area (Å²) in [5, 5.41) is 5.60. The van der Waals surface area contributed by atoms with E-state index in [0.29, 0.717) is 11.4 Å². The first-order valence-electron chi connectivity index (χ1n) is 8.64. The molecule has 0 bridgehead atoms. The number of thiophene rings is 1. The molecule has 0 aliphatic carbocycles. The number of hydrogen-bond donors (Lipinski definition) is 2. The zero-order valence-corrected chi connectivity index (χ0v) is 17.4. The van der Waals surface area contributed by atoms with Crippen LogP contribution in [0.5, 0.6) is 0 Å². The lowest BCUT2D eigenvalue weighted by Crippen LogP contribution is -2.42. The number of amides is 2. The third-order valence-corrected chi connectivity index (χ3v) is 5.76. The van der Waals surface area contributed by atoms with Crippen molar-refractivity contribution in [2.75, 3.05) is 26.2 Å². The minimum Gasteiger partial charge on any atom is -0.353 e. The summed E-state index contributed by atoms with van der Waals surface area (Å²) in [5.74, 6) is -0.429. The van der Waals surface area contributed by atoms with Gasteiger partial charge in [0, 0.05) is 6.54 Å². The number of carbonyl (C=O) groups is 2. The number of benzene rings is 1. The molecule has 7 heteroatoms. The lowest BCUT2D eigenvalue weighted by atomic mass is 10.1. The molecular weight excluding hydrogens is 414 g/mol. The molecule has 0 fully saturated rings. The molecular formula is C19H24BrN3O2S. The highest BCUT2D eigenvalue weighted by molar-refractivity contribution is 9.11. The van der Waals surface area contributed by atoms with E-state index in [1.54, 1.807) is 6.07 Å². The van der Waals surface area contributed by atoms with Gasteiger partial charge in [-0.15, -0.1) is 11.3 Å². The molecule has 0 spiro atoms. The van der Waals surface area contributed by atoms with E-state index in [2.05, 4.69) is 57.4 Å². The van der Waals surface area contributed by atoms with Gasteiger partial charge in [-0.2, -0.15) is 0 Å². The Kier molecular flexibility index (Phi) is 8.28. The van der Waals surface area contributed by atoms with E-state index in [4.69, 9.17) is 0 Å². The number of halogens is 1. The average molecular weight is 438 g/mol. The topological polar surface area (TPSA) is 61.4 Å². The molecule has 2 amide bonds. The van der Waals surface area contributed by atoms with Crippen molar-refractivity contribution in [3.63, 3.8) is 0 Å². The molecule has 140 valence electrons. The highest BCUT2D eigenvalue weighted by Crippen LogP contribution is 2.22. The minimum absolute atomic E-state index is 0.0336. The Balaban J connectivity index is 1.89. The van der Waals surface area contributed by atoms with E-state index < -0.39 is 0 Å². The fourth-order valence-corrected chi connectivity index (χ4v) is 4.06. The minimum atomic E-state index is -0.237. The van der Waals surface area contributed by atoms with Gasteiger partial charge in [-0.25, -0.2) is 0 Å². The predicted octanol–water partition coefficient (Wildman–Crippen LogP) is 3.44. The van der Waals surface area contributed by atoms with Gasteiger partial charge in [0.25, 0.3) is 5.91 Å². The van der Waals surface area contributed by atoms with Gasteiger partial charge >= 0.3 is 0 Å². The number of nitrogens with one attached hydrogen (secondary N) is 2. The maximum atomic E-state index is 12.2. The lowest BCUT2D eigenvalue weighted by Gasteiger charge is -2.30. The fourth-order valence-electron chi connectivity index (χ4n) is 2.75. The van der Waals surface area contributed by atoms with Crippen LogP contribution in [0.3, 0.4) is 0 Å². The Morgan fingerprint density at radius 1 is 1.08 bits per heavy atom. The van der Waals surface area contributed by atoms with Crippen molar-refractivity contribution in [1.82, 2.24) is 15.5 Å². The molecule has 26 heavy (non-hydrogen) atoms. The first-order chi connectivity index (χ1) is 12.5. The Morgan fingerprint density at radius 2 is 1.77 bits per heavy atom. The van der Waals surface area contributed by atoms with Gasteiger partial charge in [-0.3, -0.25) is 14.5 Å². The van der Waals surface area contributed by atoms with Crippen LogP contribution in [0.1, 0.15) is 35.1 Å². The second-order valence-corrected chi connectivity index (χ2v) is 8.20. The van der Waals surface area contributed by atoms with Crippen LogP contribution in [0, 0.1) is 0 Å². The van der Waals surface area contributed by atoms with Crippen molar-refractivity contribution in [3.8, 4) is 0 Å². The van der Waals surface area contributed by atoms with Gasteiger partial charge in [-0.1, -0.05) is 44.2 Å². The molecule has 2 N–H and O–H groups in total. The number of carbonyl (C=O) groups excluding carboxylic acids is 2. The molecule has 1 unspecified atom stereocenters. The molecule has 2 rings (SSSR count). The average Bonchev–Trinajstić information content (AvgIpc) is 3.10. The summed E-state index contributed by atoms with van der Waals surface area (Å²) in [5.41, 5.74) is 1.17. The van der Waals surface area contributed by atoms with Gasteiger partial charge < -0.3 is 10.6 Å². The number of nitrogens with zero attached hydrogens (tertiary/aromatic N) is 1. The summed E-state index contributed by atoms with van der Waals surface area (Å²) in [6.07, 6.45) is 0. The van der Waals surface area contributed by atoms with Crippen LogP contribution in [-0.4, -0.2) is 42.9 Å². The van der Waals surface area contributed by atoms with E-state index in [-0.39, 0.29) is 24.4 Å². The standard InChI is InChI=1S/C19H24BrN3O2S/c1-3-23(4-2)15(14-8-6-5-7-9-14)12-21-18(24)13-22-19(25)16-10-11-17(20)26-16/h5-11,15H,3-4,12-13H2,1-2H3,(H,21,24)(H,22,25). The van der Waals surface area contributed by atoms with Crippen LogP contribution in [-0.2, 0) is 4.79 Å². The zero-order chi connectivity index (χ0) is 18.9. The van der Waals surface area contributed by atoms with Gasteiger partial charge in [-0.05, 0) is 46.7 Å². The molecule has 1 aromatic heterocycles. The summed E-state index contributed by atoms with van der Waals surface area (Å²) in [7, 11) is 0. The van der Waals surface area contributed by atoms with Crippen molar-refractivity contribution in [1.29, 1.82) is 0 Å². The molecule has 0 saturated heterocycles. The summed E-state index contributed by atoms with van der Waals surface area (Å²) >= 11 is 4.66. The monoisotopic (exact) mass is 437 g/mol. The van der Waals surface area contributed by atoms with Crippen LogP contribution in [0.2, 0.25) is 0 Å². The second kappa shape index (κ2) is 10.4. The number of rotatable bonds is 9. The Labute approximate surface area is 166 Å². The third kappa shape index (κ3) is 5.93. The predicted molar refractivity (Wildman–Crippen MR) is 109 cm³/mol. The van der Waals surface area contributed by atoms with Crippen LogP contribution >= 0.6 is 27.3 Å². The SMILES string of the molecule is CCN(CC)C(CNC(=O)CNC(=O)c1ccc(Br)s1)c1ccccc1. The summed E-state index contributed by atoms with van der Waals surface area (Å²) in [6, 6.07) is 13.8. The first-order valence-corrected chi connectivity index (χ1v) is 10.2. The first kappa shape index (κ1) is 20.6. The summed E-state index contributed by atoms with van der Waals surface area (Å²) in [6.45, 7) is 6.49. The van der Waals surface area contributed by atoms with Crippen molar-refractivity contribution < 1.29 is 9.59 Å². The van der Waals surface area contributed by atoms with Gasteiger partial charge in [0.2, 0.25) is 5.91 Å². The van der Waals surface area contributed by atoms with Crippen LogP contribution in [0.25, 0.3) is 0 Å². The van der Waals surface area contributed by atoms with E-state index in [1.165, 1.54) is 16.9 Å². The molecule has 1 heterocycles.